The molecule has 11 aromatic rings. The molecule has 1 atom stereocenters. The maximum absolute atomic E-state index is 6.52. The molecule has 1 spiro atoms. The molecule has 2 aliphatic rings. The Morgan fingerprint density at radius 3 is 1.62 bits per heavy atom. The summed E-state index contributed by atoms with van der Waals surface area (Å²) in [4.78, 5) is 7.25. The highest BCUT2D eigenvalue weighted by atomic mass is 16.3. The first kappa shape index (κ1) is 37.0. The van der Waals surface area contributed by atoms with Crippen molar-refractivity contribution in [3.05, 3.63) is 271 Å². The van der Waals surface area contributed by atoms with Gasteiger partial charge in [-0.15, -0.1) is 0 Å². The van der Waals surface area contributed by atoms with Crippen LogP contribution in [-0.4, -0.2) is 0 Å². The highest BCUT2D eigenvalue weighted by Crippen LogP contribution is 2.65. The number of benzene rings is 10. The predicted molar refractivity (Wildman–Crippen MR) is 269 cm³/mol. The van der Waals surface area contributed by atoms with Gasteiger partial charge in [-0.25, -0.2) is 0 Å². The van der Waals surface area contributed by atoms with Crippen molar-refractivity contribution in [2.24, 2.45) is 0 Å². The summed E-state index contributed by atoms with van der Waals surface area (Å²) in [5.74, 6) is 0. The summed E-state index contributed by atoms with van der Waals surface area (Å²) in [5.41, 5.74) is 18.3. The Balaban J connectivity index is 1.12. The van der Waals surface area contributed by atoms with E-state index in [-0.39, 0.29) is 0 Å². The van der Waals surface area contributed by atoms with Crippen molar-refractivity contribution in [2.75, 3.05) is 14.7 Å². The Labute approximate surface area is 378 Å². The molecular weight excluding hydrogens is 791 g/mol. The van der Waals surface area contributed by atoms with Crippen LogP contribution >= 0.6 is 0 Å². The zero-order valence-corrected chi connectivity index (χ0v) is 35.4. The van der Waals surface area contributed by atoms with Crippen molar-refractivity contribution in [1.82, 2.24) is 0 Å². The third-order valence-electron chi connectivity index (χ3n) is 13.4. The molecule has 1 aromatic heterocycles. The number of nitrogens with zero attached hydrogens (tertiary/aromatic N) is 3. The van der Waals surface area contributed by atoms with Gasteiger partial charge in [-0.2, -0.15) is 0 Å². The van der Waals surface area contributed by atoms with Gasteiger partial charge in [0, 0.05) is 56.5 Å². The lowest BCUT2D eigenvalue weighted by Crippen LogP contribution is -2.36. The molecule has 0 saturated carbocycles. The summed E-state index contributed by atoms with van der Waals surface area (Å²) in [6, 6.07) is 90.1. The minimum absolute atomic E-state index is 0.695. The molecule has 306 valence electrons. The molecule has 0 N–H and O–H groups in total. The molecule has 65 heavy (non-hydrogen) atoms. The Morgan fingerprint density at radius 2 is 0.877 bits per heavy atom. The van der Waals surface area contributed by atoms with Crippen LogP contribution in [0.15, 0.2) is 253 Å². The molecule has 2 heterocycles. The van der Waals surface area contributed by atoms with E-state index in [9.17, 15) is 0 Å². The summed E-state index contributed by atoms with van der Waals surface area (Å²) < 4.78 is 6.52. The van der Waals surface area contributed by atoms with E-state index < -0.39 is 5.41 Å². The molecule has 1 aliphatic heterocycles. The van der Waals surface area contributed by atoms with Crippen LogP contribution < -0.4 is 14.7 Å². The number of hydrogen-bond donors (Lipinski definition) is 0. The third kappa shape index (κ3) is 5.57. The van der Waals surface area contributed by atoms with Crippen molar-refractivity contribution in [3.8, 4) is 11.1 Å². The van der Waals surface area contributed by atoms with Crippen molar-refractivity contribution in [3.63, 3.8) is 0 Å². The van der Waals surface area contributed by atoms with E-state index >= 15 is 0 Å². The molecular formula is C61H41N3O. The molecule has 4 heteroatoms. The van der Waals surface area contributed by atoms with Gasteiger partial charge in [0.15, 0.2) is 0 Å². The van der Waals surface area contributed by atoms with Crippen molar-refractivity contribution >= 4 is 73.1 Å². The van der Waals surface area contributed by atoms with Gasteiger partial charge in [-0.1, -0.05) is 146 Å². The Morgan fingerprint density at radius 1 is 0.338 bits per heavy atom. The lowest BCUT2D eigenvalue weighted by Gasteiger charge is -2.45. The van der Waals surface area contributed by atoms with Crippen molar-refractivity contribution < 1.29 is 4.42 Å². The Hall–Kier alpha value is -8.60. The molecule has 0 amide bonds. The maximum atomic E-state index is 6.52. The molecule has 0 fully saturated rings. The van der Waals surface area contributed by atoms with Gasteiger partial charge in [0.25, 0.3) is 0 Å². The van der Waals surface area contributed by atoms with Gasteiger partial charge in [0.2, 0.25) is 0 Å². The van der Waals surface area contributed by atoms with Crippen LogP contribution in [0.1, 0.15) is 22.3 Å². The fraction of sp³-hybridized carbons (Fsp3) is 0.0164. The summed E-state index contributed by atoms with van der Waals surface area (Å²) >= 11 is 0. The van der Waals surface area contributed by atoms with Gasteiger partial charge in [-0.05, 0) is 125 Å². The van der Waals surface area contributed by atoms with Gasteiger partial charge >= 0.3 is 0 Å². The molecule has 1 aliphatic carbocycles. The first-order valence-electron chi connectivity index (χ1n) is 22.3. The molecule has 10 aromatic carbocycles. The summed E-state index contributed by atoms with van der Waals surface area (Å²) in [6.07, 6.45) is 0. The number of para-hydroxylation sites is 6. The van der Waals surface area contributed by atoms with E-state index in [4.69, 9.17) is 4.42 Å². The Bertz CT molecular complexity index is 3530. The van der Waals surface area contributed by atoms with Crippen molar-refractivity contribution in [2.45, 2.75) is 5.41 Å². The average molecular weight is 832 g/mol. The topological polar surface area (TPSA) is 22.9 Å². The molecule has 4 nitrogen and oxygen atoms in total. The van der Waals surface area contributed by atoms with E-state index in [0.29, 0.717) is 0 Å². The minimum Gasteiger partial charge on any atom is -0.456 e. The minimum atomic E-state index is -0.695. The fourth-order valence-electron chi connectivity index (χ4n) is 10.8. The largest absolute Gasteiger partial charge is 0.456 e. The predicted octanol–water partition coefficient (Wildman–Crippen LogP) is 16.7. The number of fused-ring (bicyclic) bond motifs is 12. The second-order valence-electron chi connectivity index (χ2n) is 16.8. The van der Waals surface area contributed by atoms with Gasteiger partial charge in [-0.3, -0.25) is 0 Å². The Kier molecular flexibility index (Phi) is 8.40. The number of rotatable bonds is 7. The third-order valence-corrected chi connectivity index (χ3v) is 13.4. The molecule has 0 bridgehead atoms. The number of hydrogen-bond acceptors (Lipinski definition) is 4. The first-order valence-corrected chi connectivity index (χ1v) is 22.3. The second-order valence-corrected chi connectivity index (χ2v) is 16.8. The lowest BCUT2D eigenvalue weighted by atomic mass is 9.64. The van der Waals surface area contributed by atoms with E-state index in [1.165, 1.54) is 33.4 Å². The quantitative estimate of drug-likeness (QED) is 0.160. The SMILES string of the molecule is c1ccc(N(c2ccc3c(c2)C2(c4ccccc4-c4c(N(c5ccccc5)c5ccccc5)cccc42)c2ccccc2N3c2ccccc2)c2ccc3c(c2)oc2ccccc23)cc1. The zero-order valence-electron chi connectivity index (χ0n) is 35.4. The van der Waals surface area contributed by atoms with Gasteiger partial charge in [0.05, 0.1) is 22.5 Å². The van der Waals surface area contributed by atoms with Crippen LogP contribution in [0.4, 0.5) is 51.2 Å². The first-order chi connectivity index (χ1) is 32.3. The normalized spacial score (nSPS) is 14.5. The zero-order chi connectivity index (χ0) is 42.9. The number of furan rings is 1. The highest BCUT2D eigenvalue weighted by molar-refractivity contribution is 6.06. The van der Waals surface area contributed by atoms with Crippen LogP contribution in [-0.2, 0) is 5.41 Å². The van der Waals surface area contributed by atoms with Crippen LogP contribution in [0.25, 0.3) is 33.1 Å². The molecule has 13 rings (SSSR count). The number of anilines is 9. The van der Waals surface area contributed by atoms with E-state index in [2.05, 4.69) is 251 Å². The van der Waals surface area contributed by atoms with E-state index in [1.54, 1.807) is 0 Å². The average Bonchev–Trinajstić information content (AvgIpc) is 3.90. The summed E-state index contributed by atoms with van der Waals surface area (Å²) in [6.45, 7) is 0. The van der Waals surface area contributed by atoms with Crippen molar-refractivity contribution in [1.29, 1.82) is 0 Å². The van der Waals surface area contributed by atoms with Gasteiger partial charge in [0.1, 0.15) is 11.2 Å². The fourth-order valence-corrected chi connectivity index (χ4v) is 10.8. The summed E-state index contributed by atoms with van der Waals surface area (Å²) in [7, 11) is 0. The molecule has 1 unspecified atom stereocenters. The molecule has 0 radical (unpaired) electrons. The van der Waals surface area contributed by atoms with E-state index in [1.807, 2.05) is 12.1 Å². The monoisotopic (exact) mass is 831 g/mol. The summed E-state index contributed by atoms with van der Waals surface area (Å²) in [5, 5.41) is 2.22. The van der Waals surface area contributed by atoms with E-state index in [0.717, 1.165) is 73.1 Å². The van der Waals surface area contributed by atoms with Crippen LogP contribution in [0.5, 0.6) is 0 Å². The lowest BCUT2D eigenvalue weighted by molar-refractivity contribution is 0.669. The van der Waals surface area contributed by atoms with Crippen LogP contribution in [0.3, 0.4) is 0 Å². The van der Waals surface area contributed by atoms with Gasteiger partial charge < -0.3 is 19.1 Å². The standard InChI is InChI=1S/C61H41N3O/c1-5-20-42(21-6-1)62(47-36-38-49-48-28-14-18-35-58(48)65-59(49)41-47)46-37-39-56-54(40-46)61(52-31-16-17-33-55(52)64(56)45-26-11-4-12-27-45)51-30-15-13-29-50(51)60-53(61)32-19-34-57(60)63(43-22-7-2-8-23-43)44-24-9-3-10-25-44/h1-41H. The second kappa shape index (κ2) is 14.8. The molecule has 0 saturated heterocycles. The van der Waals surface area contributed by atoms with Crippen LogP contribution in [0.2, 0.25) is 0 Å². The van der Waals surface area contributed by atoms with Crippen LogP contribution in [0, 0.1) is 0 Å². The highest BCUT2D eigenvalue weighted by Gasteiger charge is 2.53. The maximum Gasteiger partial charge on any atom is 0.137 e. The smallest absolute Gasteiger partial charge is 0.137 e.